The van der Waals surface area contributed by atoms with Crippen molar-refractivity contribution in [2.75, 3.05) is 11.9 Å². The van der Waals surface area contributed by atoms with Crippen molar-refractivity contribution in [3.8, 4) is 0 Å². The third-order valence-electron chi connectivity index (χ3n) is 2.77. The molecule has 1 N–H and O–H groups in total. The molecule has 0 aliphatic heterocycles. The Kier molecular flexibility index (Phi) is 5.19. The zero-order chi connectivity index (χ0) is 16.8. The average molecular weight is 322 g/mol. The number of aromatic nitrogens is 1. The van der Waals surface area contributed by atoms with Gasteiger partial charge < -0.3 is 14.6 Å². The topological polar surface area (TPSA) is 77.4 Å². The van der Waals surface area contributed by atoms with Crippen molar-refractivity contribution in [2.24, 2.45) is 0 Å². The molecule has 8 heteroatoms. The van der Waals surface area contributed by atoms with Crippen molar-refractivity contribution in [1.29, 1.82) is 0 Å². The van der Waals surface area contributed by atoms with Gasteiger partial charge in [-0.2, -0.15) is 0 Å². The van der Waals surface area contributed by atoms with Crippen LogP contribution in [0.4, 0.5) is 14.5 Å². The van der Waals surface area contributed by atoms with Gasteiger partial charge in [-0.1, -0.05) is 6.07 Å². The molecule has 1 aromatic carbocycles. The Labute approximate surface area is 129 Å². The van der Waals surface area contributed by atoms with Crippen LogP contribution in [0, 0.1) is 11.6 Å². The molecular weight excluding hydrogens is 310 g/mol. The maximum absolute atomic E-state index is 13.0. The fourth-order valence-corrected chi connectivity index (χ4v) is 1.69. The van der Waals surface area contributed by atoms with E-state index in [1.807, 2.05) is 0 Å². The highest BCUT2D eigenvalue weighted by Crippen LogP contribution is 2.12. The van der Waals surface area contributed by atoms with Crippen molar-refractivity contribution in [3.05, 3.63) is 64.6 Å². The summed E-state index contributed by atoms with van der Waals surface area (Å²) < 4.78 is 31.6. The summed E-state index contributed by atoms with van der Waals surface area (Å²) in [5.41, 5.74) is -0.347. The summed E-state index contributed by atoms with van der Waals surface area (Å²) in [4.78, 5) is 34.5. The summed E-state index contributed by atoms with van der Waals surface area (Å²) in [5.74, 6) is -3.64. The molecule has 0 unspecified atom stereocenters. The number of carbonyl (C=O) groups is 2. The molecule has 1 amide bonds. The molecule has 0 aliphatic rings. The number of hydrogen-bond donors (Lipinski definition) is 1. The van der Waals surface area contributed by atoms with Gasteiger partial charge in [-0.25, -0.2) is 8.78 Å². The molecule has 120 valence electrons. The largest absolute Gasteiger partial charge is 0.454 e. The molecule has 0 aliphatic carbocycles. The number of benzene rings is 1. The van der Waals surface area contributed by atoms with Gasteiger partial charge in [0.15, 0.2) is 18.2 Å². The number of esters is 1. The van der Waals surface area contributed by atoms with E-state index in [2.05, 4.69) is 5.32 Å². The zero-order valence-electron chi connectivity index (χ0n) is 11.8. The van der Waals surface area contributed by atoms with Gasteiger partial charge >= 0.3 is 5.97 Å². The van der Waals surface area contributed by atoms with Crippen LogP contribution in [0.15, 0.2) is 47.4 Å². The number of halogens is 2. The highest BCUT2D eigenvalue weighted by molar-refractivity contribution is 5.92. The van der Waals surface area contributed by atoms with E-state index in [0.717, 1.165) is 16.7 Å². The summed E-state index contributed by atoms with van der Waals surface area (Å²) in [7, 11) is 0. The Bertz CT molecular complexity index is 789. The van der Waals surface area contributed by atoms with E-state index in [4.69, 9.17) is 4.74 Å². The number of nitrogens with zero attached hydrogens (tertiary/aromatic N) is 1. The summed E-state index contributed by atoms with van der Waals surface area (Å²) in [5, 5.41) is 2.25. The number of pyridine rings is 1. The first-order valence-corrected chi connectivity index (χ1v) is 6.51. The molecule has 1 aromatic heterocycles. The Balaban J connectivity index is 1.84. The number of ether oxygens (including phenoxy) is 1. The van der Waals surface area contributed by atoms with Crippen molar-refractivity contribution >= 4 is 17.6 Å². The number of rotatable bonds is 5. The highest BCUT2D eigenvalue weighted by atomic mass is 19.2. The standard InChI is InChI=1S/C15H12F2N2O4/c16-11-5-4-10(7-12(11)17)18-13(20)9-23-15(22)8-19-6-2-1-3-14(19)21/h1-7H,8-9H2,(H,18,20). The predicted octanol–water partition coefficient (Wildman–Crippen LogP) is 1.31. The van der Waals surface area contributed by atoms with Crippen LogP contribution in [0.3, 0.4) is 0 Å². The fraction of sp³-hybridized carbons (Fsp3) is 0.133. The lowest BCUT2D eigenvalue weighted by Gasteiger charge is -2.08. The summed E-state index contributed by atoms with van der Waals surface area (Å²) in [6.07, 6.45) is 1.41. The van der Waals surface area contributed by atoms with Crippen LogP contribution in [-0.4, -0.2) is 23.1 Å². The summed E-state index contributed by atoms with van der Waals surface area (Å²) >= 11 is 0. The van der Waals surface area contributed by atoms with Gasteiger partial charge in [0, 0.05) is 24.0 Å². The lowest BCUT2D eigenvalue weighted by atomic mass is 10.3. The van der Waals surface area contributed by atoms with Crippen molar-refractivity contribution in [3.63, 3.8) is 0 Å². The van der Waals surface area contributed by atoms with Crippen LogP contribution in [0.25, 0.3) is 0 Å². The third kappa shape index (κ3) is 4.73. The van der Waals surface area contributed by atoms with E-state index in [9.17, 15) is 23.2 Å². The van der Waals surface area contributed by atoms with E-state index >= 15 is 0 Å². The van der Waals surface area contributed by atoms with E-state index in [-0.39, 0.29) is 17.8 Å². The molecule has 1 heterocycles. The van der Waals surface area contributed by atoms with Crippen LogP contribution in [0.5, 0.6) is 0 Å². The van der Waals surface area contributed by atoms with E-state index in [1.54, 1.807) is 6.07 Å². The van der Waals surface area contributed by atoms with Crippen molar-refractivity contribution in [2.45, 2.75) is 6.54 Å². The third-order valence-corrected chi connectivity index (χ3v) is 2.77. The Hall–Kier alpha value is -3.03. The molecule has 23 heavy (non-hydrogen) atoms. The minimum atomic E-state index is -1.11. The van der Waals surface area contributed by atoms with Gasteiger partial charge in [-0.15, -0.1) is 0 Å². The lowest BCUT2D eigenvalue weighted by Crippen LogP contribution is -2.27. The summed E-state index contributed by atoms with van der Waals surface area (Å²) in [6.45, 7) is -0.947. The molecule has 0 fully saturated rings. The minimum Gasteiger partial charge on any atom is -0.454 e. The van der Waals surface area contributed by atoms with E-state index in [0.29, 0.717) is 0 Å². The zero-order valence-corrected chi connectivity index (χ0v) is 11.8. The van der Waals surface area contributed by atoms with Gasteiger partial charge in [0.25, 0.3) is 11.5 Å². The quantitative estimate of drug-likeness (QED) is 0.842. The van der Waals surface area contributed by atoms with Gasteiger partial charge in [0.2, 0.25) is 0 Å². The molecule has 2 rings (SSSR count). The van der Waals surface area contributed by atoms with Crippen LogP contribution < -0.4 is 10.9 Å². The SMILES string of the molecule is O=C(COC(=O)Cn1ccccc1=O)Nc1ccc(F)c(F)c1. The van der Waals surface area contributed by atoms with Crippen LogP contribution >= 0.6 is 0 Å². The van der Waals surface area contributed by atoms with Crippen LogP contribution in [0.1, 0.15) is 0 Å². The fourth-order valence-electron chi connectivity index (χ4n) is 1.69. The normalized spacial score (nSPS) is 10.2. The molecule has 0 saturated carbocycles. The molecule has 0 spiro atoms. The molecule has 0 bridgehead atoms. The Morgan fingerprint density at radius 3 is 2.61 bits per heavy atom. The lowest BCUT2D eigenvalue weighted by molar-refractivity contribution is -0.147. The number of carbonyl (C=O) groups excluding carboxylic acids is 2. The minimum absolute atomic E-state index is 0.0317. The Morgan fingerprint density at radius 2 is 1.91 bits per heavy atom. The monoisotopic (exact) mass is 322 g/mol. The first-order chi connectivity index (χ1) is 11.0. The second-order valence-corrected chi connectivity index (χ2v) is 4.50. The molecular formula is C15H12F2N2O4. The highest BCUT2D eigenvalue weighted by Gasteiger charge is 2.10. The van der Waals surface area contributed by atoms with Crippen molar-refractivity contribution in [1.82, 2.24) is 4.57 Å². The molecule has 0 saturated heterocycles. The smallest absolute Gasteiger partial charge is 0.326 e. The van der Waals surface area contributed by atoms with Gasteiger partial charge in [0.1, 0.15) is 6.54 Å². The Morgan fingerprint density at radius 1 is 1.13 bits per heavy atom. The van der Waals surface area contributed by atoms with E-state index in [1.165, 1.54) is 24.4 Å². The first-order valence-electron chi connectivity index (χ1n) is 6.51. The van der Waals surface area contributed by atoms with Crippen LogP contribution in [-0.2, 0) is 20.9 Å². The number of nitrogens with one attached hydrogen (secondary N) is 1. The summed E-state index contributed by atoms with van der Waals surface area (Å²) in [6, 6.07) is 7.21. The van der Waals surface area contributed by atoms with Gasteiger partial charge in [0.05, 0.1) is 0 Å². The molecule has 0 radical (unpaired) electrons. The number of amides is 1. The molecule has 2 aromatic rings. The van der Waals surface area contributed by atoms with Crippen molar-refractivity contribution < 1.29 is 23.1 Å². The second-order valence-electron chi connectivity index (χ2n) is 4.50. The van der Waals surface area contributed by atoms with Gasteiger partial charge in [-0.05, 0) is 18.2 Å². The predicted molar refractivity (Wildman–Crippen MR) is 76.6 cm³/mol. The molecule has 6 nitrogen and oxygen atoms in total. The molecule has 0 atom stereocenters. The second kappa shape index (κ2) is 7.30. The van der Waals surface area contributed by atoms with Gasteiger partial charge in [-0.3, -0.25) is 14.4 Å². The maximum atomic E-state index is 13.0. The van der Waals surface area contributed by atoms with E-state index < -0.39 is 30.1 Å². The maximum Gasteiger partial charge on any atom is 0.326 e. The number of hydrogen-bond acceptors (Lipinski definition) is 4. The first kappa shape index (κ1) is 16.3. The van der Waals surface area contributed by atoms with Crippen LogP contribution in [0.2, 0.25) is 0 Å². The average Bonchev–Trinajstić information content (AvgIpc) is 2.51. The number of anilines is 1.